The van der Waals surface area contributed by atoms with Gasteiger partial charge in [0.15, 0.2) is 6.23 Å². The maximum Gasteiger partial charge on any atom is 0.150 e. The highest BCUT2D eigenvalue weighted by Crippen LogP contribution is 2.48. The Balaban J connectivity index is 1.41. The van der Waals surface area contributed by atoms with Gasteiger partial charge in [-0.15, -0.1) is 0 Å². The first-order valence-corrected chi connectivity index (χ1v) is 18.3. The van der Waals surface area contributed by atoms with E-state index in [0.717, 1.165) is 30.2 Å². The summed E-state index contributed by atoms with van der Waals surface area (Å²) < 4.78 is 27.0. The van der Waals surface area contributed by atoms with Gasteiger partial charge in [-0.3, -0.25) is 4.98 Å². The molecule has 5 heterocycles. The van der Waals surface area contributed by atoms with Gasteiger partial charge >= 0.3 is 0 Å². The normalized spacial score (nSPS) is 18.9. The summed E-state index contributed by atoms with van der Waals surface area (Å²) in [7, 11) is -2.19. The Kier molecular flexibility index (Phi) is 8.40. The van der Waals surface area contributed by atoms with E-state index in [1.807, 2.05) is 49.2 Å². The molecule has 2 aliphatic heterocycles. The van der Waals surface area contributed by atoms with Crippen LogP contribution >= 0.6 is 30.3 Å². The molecule has 0 amide bonds. The second kappa shape index (κ2) is 12.0. The molecule has 2 fully saturated rings. The Hall–Kier alpha value is -3.15. The van der Waals surface area contributed by atoms with E-state index in [-0.39, 0.29) is 11.6 Å². The SMILES string of the molecule is C[C@@H](Oc1ccc2c(c1)c(-c1ccnc(N3CC(C)(CP(C)(C)=O)C3)c1C#N)nn2C1CCCCO1)c1c(Cl)cncc1Cl. The van der Waals surface area contributed by atoms with Gasteiger partial charge in [0.25, 0.3) is 0 Å². The highest BCUT2D eigenvalue weighted by Gasteiger charge is 2.43. The van der Waals surface area contributed by atoms with Gasteiger partial charge in [0.2, 0.25) is 0 Å². The number of pyridine rings is 2. The topological polar surface area (TPSA) is 106 Å². The van der Waals surface area contributed by atoms with Crippen LogP contribution in [0.5, 0.6) is 5.75 Å². The van der Waals surface area contributed by atoms with E-state index in [1.165, 1.54) is 0 Å². The van der Waals surface area contributed by atoms with Crippen molar-refractivity contribution in [2.45, 2.75) is 45.4 Å². The van der Waals surface area contributed by atoms with Crippen LogP contribution in [0.4, 0.5) is 5.82 Å². The zero-order valence-electron chi connectivity index (χ0n) is 25.3. The van der Waals surface area contributed by atoms with Gasteiger partial charge in [-0.2, -0.15) is 10.4 Å². The van der Waals surface area contributed by atoms with Gasteiger partial charge in [0, 0.05) is 66.4 Å². The zero-order valence-corrected chi connectivity index (χ0v) is 27.7. The van der Waals surface area contributed by atoms with Crippen LogP contribution in [0.15, 0.2) is 42.9 Å². The summed E-state index contributed by atoms with van der Waals surface area (Å²) >= 11 is 12.8. The number of hydrogen-bond donors (Lipinski definition) is 0. The van der Waals surface area contributed by atoms with Gasteiger partial charge < -0.3 is 18.9 Å². The van der Waals surface area contributed by atoms with Crippen molar-refractivity contribution in [2.75, 3.05) is 44.1 Å². The molecule has 4 aromatic rings. The fraction of sp³-hybridized carbons (Fsp3) is 0.438. The molecule has 2 saturated heterocycles. The summed E-state index contributed by atoms with van der Waals surface area (Å²) in [6, 6.07) is 10.1. The van der Waals surface area contributed by atoms with Crippen LogP contribution in [0.2, 0.25) is 10.0 Å². The Morgan fingerprint density at radius 1 is 1.20 bits per heavy atom. The predicted molar refractivity (Wildman–Crippen MR) is 174 cm³/mol. The first-order chi connectivity index (χ1) is 21.0. The summed E-state index contributed by atoms with van der Waals surface area (Å²) in [5.74, 6) is 1.22. The second-order valence-electron chi connectivity index (χ2n) is 12.6. The number of halogens is 2. The van der Waals surface area contributed by atoms with E-state index in [4.69, 9.17) is 37.8 Å². The van der Waals surface area contributed by atoms with E-state index in [1.54, 1.807) is 18.6 Å². The Morgan fingerprint density at radius 2 is 1.95 bits per heavy atom. The van der Waals surface area contributed by atoms with E-state index >= 15 is 0 Å². The van der Waals surface area contributed by atoms with Crippen LogP contribution in [-0.4, -0.2) is 58.9 Å². The second-order valence-corrected chi connectivity index (χ2v) is 16.9. The standard InChI is InChI=1S/C32H35Cl2N6O3P/c1-20(29-25(33)15-36-16-26(29)34)43-21-8-9-27-23(13-21)30(38-40(27)28-7-5-6-12-42-28)22-10-11-37-31(24(22)14-35)39-17-32(2,18-39)19-44(3,4)41/h8-11,13,15-16,20,28H,5-7,12,17-19H2,1-4H3/t20-,28?/m1/s1. The van der Waals surface area contributed by atoms with E-state index in [0.29, 0.717) is 69.9 Å². The number of aromatic nitrogens is 4. The van der Waals surface area contributed by atoms with Crippen LogP contribution in [0.3, 0.4) is 0 Å². The zero-order chi connectivity index (χ0) is 31.2. The van der Waals surface area contributed by atoms with Crippen molar-refractivity contribution in [3.8, 4) is 23.1 Å². The maximum absolute atomic E-state index is 12.6. The largest absolute Gasteiger partial charge is 0.486 e. The van der Waals surface area contributed by atoms with Gasteiger partial charge in [-0.1, -0.05) is 30.1 Å². The highest BCUT2D eigenvalue weighted by molar-refractivity contribution is 7.62. The van der Waals surface area contributed by atoms with Crippen LogP contribution in [0.25, 0.3) is 22.2 Å². The van der Waals surface area contributed by atoms with Crippen LogP contribution < -0.4 is 9.64 Å². The lowest BCUT2D eigenvalue weighted by Gasteiger charge is -2.49. The summed E-state index contributed by atoms with van der Waals surface area (Å²) in [6.07, 6.45) is 7.75. The lowest BCUT2D eigenvalue weighted by molar-refractivity contribution is -0.0365. The highest BCUT2D eigenvalue weighted by atomic mass is 35.5. The van der Waals surface area contributed by atoms with Crippen molar-refractivity contribution in [3.63, 3.8) is 0 Å². The number of nitrogens with zero attached hydrogens (tertiary/aromatic N) is 6. The van der Waals surface area contributed by atoms with Crippen molar-refractivity contribution in [1.29, 1.82) is 5.26 Å². The number of nitriles is 1. The lowest BCUT2D eigenvalue weighted by Crippen LogP contribution is -2.57. The maximum atomic E-state index is 12.6. The minimum atomic E-state index is -2.19. The number of ether oxygens (including phenoxy) is 2. The van der Waals surface area contributed by atoms with Gasteiger partial charge in [-0.25, -0.2) is 9.67 Å². The Labute approximate surface area is 267 Å². The molecule has 1 aromatic carbocycles. The Bertz CT molecular complexity index is 1780. The molecule has 0 radical (unpaired) electrons. The molecule has 12 heteroatoms. The average Bonchev–Trinajstić information content (AvgIpc) is 3.33. The average molecular weight is 654 g/mol. The molecule has 230 valence electrons. The fourth-order valence-electron chi connectivity index (χ4n) is 6.64. The van der Waals surface area contributed by atoms with Crippen molar-refractivity contribution >= 4 is 47.1 Å². The molecule has 2 aliphatic rings. The smallest absolute Gasteiger partial charge is 0.150 e. The van der Waals surface area contributed by atoms with Crippen LogP contribution in [0.1, 0.15) is 56.6 Å². The molecule has 2 atom stereocenters. The molecule has 44 heavy (non-hydrogen) atoms. The van der Waals surface area contributed by atoms with E-state index < -0.39 is 13.2 Å². The van der Waals surface area contributed by atoms with Crippen molar-refractivity contribution < 1.29 is 14.0 Å². The van der Waals surface area contributed by atoms with Crippen molar-refractivity contribution in [3.05, 3.63) is 64.0 Å². The number of hydrogen-bond acceptors (Lipinski definition) is 8. The molecule has 9 nitrogen and oxygen atoms in total. The quantitative estimate of drug-likeness (QED) is 0.176. The molecule has 3 aromatic heterocycles. The number of rotatable bonds is 8. The van der Waals surface area contributed by atoms with Crippen molar-refractivity contribution in [1.82, 2.24) is 19.7 Å². The van der Waals surface area contributed by atoms with Crippen molar-refractivity contribution in [2.24, 2.45) is 5.41 Å². The third-order valence-electron chi connectivity index (χ3n) is 8.22. The summed E-state index contributed by atoms with van der Waals surface area (Å²) in [5.41, 5.74) is 3.25. The number of benzene rings is 1. The molecule has 0 N–H and O–H groups in total. The monoisotopic (exact) mass is 652 g/mol. The molecule has 0 aliphatic carbocycles. The molecule has 0 bridgehead atoms. The predicted octanol–water partition coefficient (Wildman–Crippen LogP) is 7.96. The number of fused-ring (bicyclic) bond motifs is 1. The summed E-state index contributed by atoms with van der Waals surface area (Å²) in [6.45, 7) is 9.74. The van der Waals surface area contributed by atoms with Gasteiger partial charge in [0.05, 0.1) is 22.7 Å². The first-order valence-electron chi connectivity index (χ1n) is 14.7. The van der Waals surface area contributed by atoms with Gasteiger partial charge in [-0.05, 0) is 63.8 Å². The minimum absolute atomic E-state index is 0.0838. The summed E-state index contributed by atoms with van der Waals surface area (Å²) in [4.78, 5) is 10.8. The molecular weight excluding hydrogens is 618 g/mol. The summed E-state index contributed by atoms with van der Waals surface area (Å²) in [5, 5.41) is 17.2. The Morgan fingerprint density at radius 3 is 2.61 bits per heavy atom. The fourth-order valence-corrected chi connectivity index (χ4v) is 9.35. The van der Waals surface area contributed by atoms with E-state index in [9.17, 15) is 9.83 Å². The third kappa shape index (κ3) is 6.06. The molecular formula is C32H35Cl2N6O3P. The molecule has 0 saturated carbocycles. The van der Waals surface area contributed by atoms with Crippen LogP contribution in [-0.2, 0) is 9.30 Å². The third-order valence-corrected chi connectivity index (χ3v) is 10.3. The lowest BCUT2D eigenvalue weighted by atomic mass is 9.83. The molecule has 6 rings (SSSR count). The minimum Gasteiger partial charge on any atom is -0.486 e. The number of anilines is 1. The molecule has 0 spiro atoms. The van der Waals surface area contributed by atoms with Gasteiger partial charge in [0.1, 0.15) is 35.0 Å². The first kappa shape index (κ1) is 30.9. The molecule has 1 unspecified atom stereocenters. The van der Waals surface area contributed by atoms with Crippen LogP contribution in [0, 0.1) is 16.7 Å². The van der Waals surface area contributed by atoms with E-state index in [2.05, 4.69) is 27.9 Å².